The van der Waals surface area contributed by atoms with Gasteiger partial charge in [-0.3, -0.25) is 14.4 Å². The molecule has 22 nitrogen and oxygen atoms in total. The quantitative estimate of drug-likeness (QED) is 0.0493. The number of amides is 3. The number of H-pyrrole nitrogens is 3. The summed E-state index contributed by atoms with van der Waals surface area (Å²) in [5, 5.41) is 14.0. The summed E-state index contributed by atoms with van der Waals surface area (Å²) in [5.41, 5.74) is 8.47. The van der Waals surface area contributed by atoms with Crippen molar-refractivity contribution in [1.29, 1.82) is 0 Å². The first-order chi connectivity index (χ1) is 44.9. The maximum absolute atomic E-state index is 13.0. The predicted octanol–water partition coefficient (Wildman–Crippen LogP) is 11.6. The van der Waals surface area contributed by atoms with Gasteiger partial charge in [-0.15, -0.1) is 0 Å². The molecular weight excluding hydrogens is 1250 g/mol. The molecule has 1 aliphatic heterocycles. The first kappa shape index (κ1) is 68.6. The zero-order valence-corrected chi connectivity index (χ0v) is 56.7. The highest BCUT2D eigenvalue weighted by atomic mass is 32.2. The Morgan fingerprint density at radius 3 is 1.24 bits per heavy atom. The van der Waals surface area contributed by atoms with Gasteiger partial charge in [0.2, 0.25) is 0 Å². The molecule has 6 aromatic heterocycles. The van der Waals surface area contributed by atoms with Crippen LogP contribution in [0.25, 0.3) is 67.3 Å². The molecule has 0 spiro atoms. The topological polar surface area (TPSA) is 326 Å². The molecule has 0 bridgehead atoms. The summed E-state index contributed by atoms with van der Waals surface area (Å²) < 4.78 is 74.1. The Balaban J connectivity index is 0.000000182. The van der Waals surface area contributed by atoms with Crippen LogP contribution >= 0.6 is 0 Å². The lowest BCUT2D eigenvalue weighted by Crippen LogP contribution is -2.39. The van der Waals surface area contributed by atoms with E-state index in [0.717, 1.165) is 36.0 Å². The lowest BCUT2D eigenvalue weighted by molar-refractivity contribution is 0.0652. The maximum atomic E-state index is 13.0. The number of rotatable bonds is 17. The Bertz CT molecular complexity index is 4510. The minimum absolute atomic E-state index is 0. The van der Waals surface area contributed by atoms with Crippen molar-refractivity contribution in [2.75, 3.05) is 32.8 Å². The van der Waals surface area contributed by atoms with Crippen molar-refractivity contribution in [1.82, 2.24) is 60.4 Å². The summed E-state index contributed by atoms with van der Waals surface area (Å²) in [7, 11) is -10.0. The Labute approximate surface area is 552 Å². The number of sulfone groups is 3. The van der Waals surface area contributed by atoms with Crippen molar-refractivity contribution < 1.29 is 47.6 Å². The van der Waals surface area contributed by atoms with Gasteiger partial charge in [-0.25, -0.2) is 55.2 Å². The van der Waals surface area contributed by atoms with Crippen LogP contribution in [0.5, 0.6) is 0 Å². The average Bonchev–Trinajstić information content (AvgIpc) is 1.41. The van der Waals surface area contributed by atoms with Crippen LogP contribution in [0, 0.1) is 23.7 Å². The van der Waals surface area contributed by atoms with E-state index in [0.29, 0.717) is 111 Å². The Morgan fingerprint density at radius 2 is 0.862 bits per heavy atom. The first-order valence-electron chi connectivity index (χ1n) is 32.5. The monoisotopic (exact) mass is 1340 g/mol. The summed E-state index contributed by atoms with van der Waals surface area (Å²) in [6.45, 7) is 14.9. The van der Waals surface area contributed by atoms with E-state index in [1.54, 1.807) is 156 Å². The van der Waals surface area contributed by atoms with Gasteiger partial charge in [-0.1, -0.05) is 81.8 Å². The highest BCUT2D eigenvalue weighted by Gasteiger charge is 2.29. The van der Waals surface area contributed by atoms with Crippen molar-refractivity contribution in [3.05, 3.63) is 127 Å². The maximum Gasteiger partial charge on any atom is 0.257 e. The van der Waals surface area contributed by atoms with Gasteiger partial charge in [0.1, 0.15) is 16.6 Å². The number of piperidine rings is 1. The van der Waals surface area contributed by atoms with Gasteiger partial charge in [-0.2, -0.15) is 0 Å². The number of carbonyl (C=O) groups excluding carboxylic acids is 3. The molecule has 502 valence electrons. The minimum Gasteiger partial charge on any atom is -0.396 e. The number of nitrogens with one attached hydrogen (secondary N) is 5. The van der Waals surface area contributed by atoms with E-state index in [1.165, 1.54) is 51.4 Å². The molecule has 3 aliphatic rings. The van der Waals surface area contributed by atoms with Crippen molar-refractivity contribution in [3.8, 4) is 33.8 Å². The summed E-state index contributed by atoms with van der Waals surface area (Å²) in [4.78, 5) is 77.5. The number of aromatic amines is 3. The molecule has 12 rings (SSSR count). The fraction of sp³-hybridized carbons (Fsp3) is 0.435. The summed E-state index contributed by atoms with van der Waals surface area (Å²) in [5.74, 6) is 1.53. The number of carbonyl (C=O) groups is 3. The van der Waals surface area contributed by atoms with Crippen molar-refractivity contribution in [3.63, 3.8) is 0 Å². The van der Waals surface area contributed by atoms with E-state index in [1.807, 2.05) is 0 Å². The molecule has 0 unspecified atom stereocenters. The number of aromatic nitrogens is 9. The third-order valence-electron chi connectivity index (χ3n) is 18.4. The summed E-state index contributed by atoms with van der Waals surface area (Å²) in [6, 6.07) is 19.8. The molecule has 2 aliphatic carbocycles. The zero-order chi connectivity index (χ0) is 67.1. The summed E-state index contributed by atoms with van der Waals surface area (Å²) in [6.07, 6.45) is 22.3. The molecule has 3 aromatic carbocycles. The number of aliphatic hydroxyl groups excluding tert-OH is 1. The molecule has 6 N–H and O–H groups in total. The van der Waals surface area contributed by atoms with Gasteiger partial charge in [0.15, 0.2) is 46.5 Å². The molecule has 7 heterocycles. The van der Waals surface area contributed by atoms with Crippen molar-refractivity contribution >= 4 is 80.7 Å². The number of fused-ring (bicyclic) bond motifs is 3. The van der Waals surface area contributed by atoms with Crippen LogP contribution in [0.2, 0.25) is 0 Å². The van der Waals surface area contributed by atoms with Crippen LogP contribution in [0.1, 0.15) is 153 Å². The van der Waals surface area contributed by atoms with Crippen molar-refractivity contribution in [2.24, 2.45) is 23.7 Å². The fourth-order valence-electron chi connectivity index (χ4n) is 12.1. The van der Waals surface area contributed by atoms with E-state index in [2.05, 4.69) is 62.4 Å². The Hall–Kier alpha value is -8.26. The average molecular weight is 1340 g/mol. The highest BCUT2D eigenvalue weighted by Crippen LogP contribution is 2.32. The molecule has 3 fully saturated rings. The number of likely N-dealkylation sites (tertiary alicyclic amines) is 1. The molecule has 25 heteroatoms. The SMILES string of the molecule is CC(C)S(=O)(=O)c1ccc(-c2cnc3[nH]cc(C(=O)N4CCC(CO)CC4)c3n2)cc1.CC(C)S(=O)(=O)c1ccc(-c2cnc3[nH]cc(C(=O)NCC4CCCCC4)c3n2)cc1.CC(C)S(=O)(=O)c1ccc(-c2cnc3[nH]cc(C(=O)NC[C@@H]4CCCC[C@H]4C)c3n2)cc1.[HH].[HH]. The normalized spacial score (nSPS) is 16.9. The largest absolute Gasteiger partial charge is 0.396 e. The molecule has 2 saturated carbocycles. The van der Waals surface area contributed by atoms with E-state index >= 15 is 0 Å². The highest BCUT2D eigenvalue weighted by molar-refractivity contribution is 7.92. The second kappa shape index (κ2) is 29.6. The van der Waals surface area contributed by atoms with Gasteiger partial charge in [0.25, 0.3) is 17.7 Å². The number of nitrogens with zero attached hydrogens (tertiary/aromatic N) is 7. The second-order valence-corrected chi connectivity index (χ2v) is 33.2. The van der Waals surface area contributed by atoms with E-state index in [-0.39, 0.29) is 47.8 Å². The van der Waals surface area contributed by atoms with E-state index in [9.17, 15) is 44.7 Å². The van der Waals surface area contributed by atoms with Gasteiger partial charge in [0.05, 0.1) is 82.8 Å². The third kappa shape index (κ3) is 15.4. The Kier molecular flexibility index (Phi) is 21.6. The molecule has 1 saturated heterocycles. The van der Waals surface area contributed by atoms with Crippen LogP contribution in [-0.2, 0) is 29.5 Å². The lowest BCUT2D eigenvalue weighted by Gasteiger charge is -2.30. The van der Waals surface area contributed by atoms with E-state index in [4.69, 9.17) is 0 Å². The Morgan fingerprint density at radius 1 is 0.500 bits per heavy atom. The number of aliphatic hydroxyl groups is 1. The van der Waals surface area contributed by atoms with Gasteiger partial charge in [0, 0.05) is 70.9 Å². The van der Waals surface area contributed by atoms with Crippen molar-refractivity contribution in [2.45, 2.75) is 150 Å². The number of hydrogen-bond donors (Lipinski definition) is 6. The fourth-order valence-corrected chi connectivity index (χ4v) is 15.3. The molecule has 0 radical (unpaired) electrons. The van der Waals surface area contributed by atoms with Crippen LogP contribution in [0.4, 0.5) is 0 Å². The third-order valence-corrected chi connectivity index (χ3v) is 24.9. The molecular formula is C69H88N12O10S3. The molecule has 2 atom stereocenters. The van der Waals surface area contributed by atoms with Crippen LogP contribution < -0.4 is 10.6 Å². The van der Waals surface area contributed by atoms with Gasteiger partial charge >= 0.3 is 0 Å². The standard InChI is InChI=1S/C24H30N4O3S.C23H28N4O3S.C22H26N4O4S.2H2/c1-15(2)32(30,31)19-10-8-17(9-11-19)21-14-26-23-22(28-21)20(13-25-23)24(29)27-12-18-7-5-4-6-16(18)3;1-15(2)31(29,30)18-10-8-17(9-11-18)20-14-25-22-21(27-20)19(13-24-22)23(28)26-12-16-6-4-3-5-7-16;1-14(2)31(29,30)17-5-3-16(4-6-17)19-12-24-21-20(25-19)18(11-23-21)22(28)26-9-7-15(13-27)8-10-26;;/h8-11,13-16,18H,4-7,12H2,1-3H3,(H,25,26)(H,27,29);8-11,13-16H,3-7,12H2,1-2H3,(H,24,25)(H,26,28);3-6,11-12,14-15,27H,7-10,13H2,1-2H3,(H,23,24);2*1H/t16-,18+;;;;/m1..../s1. The smallest absolute Gasteiger partial charge is 0.257 e. The van der Waals surface area contributed by atoms with Crippen LogP contribution in [0.3, 0.4) is 0 Å². The predicted molar refractivity (Wildman–Crippen MR) is 367 cm³/mol. The molecule has 94 heavy (non-hydrogen) atoms. The lowest BCUT2D eigenvalue weighted by atomic mass is 9.80. The zero-order valence-electron chi connectivity index (χ0n) is 54.2. The van der Waals surface area contributed by atoms with Crippen LogP contribution in [-0.4, -0.2) is 146 Å². The summed E-state index contributed by atoms with van der Waals surface area (Å²) >= 11 is 0. The molecule has 9 aromatic rings. The number of hydrogen-bond acceptors (Lipinski definition) is 16. The number of benzene rings is 3. The van der Waals surface area contributed by atoms with Gasteiger partial charge in [-0.05, 0) is 134 Å². The minimum atomic E-state index is -3.34. The van der Waals surface area contributed by atoms with Gasteiger partial charge < -0.3 is 35.6 Å². The molecule has 3 amide bonds. The first-order valence-corrected chi connectivity index (χ1v) is 37.1. The second-order valence-electron chi connectivity index (χ2n) is 25.7. The van der Waals surface area contributed by atoms with E-state index < -0.39 is 45.3 Å². The van der Waals surface area contributed by atoms with Crippen LogP contribution in [0.15, 0.2) is 125 Å².